The van der Waals surface area contributed by atoms with Crippen LogP contribution < -0.4 is 5.32 Å². The van der Waals surface area contributed by atoms with E-state index in [2.05, 4.69) is 10.4 Å². The Balaban J connectivity index is 1.99. The van der Waals surface area contributed by atoms with Gasteiger partial charge in [-0.05, 0) is 56.2 Å². The summed E-state index contributed by atoms with van der Waals surface area (Å²) in [5.74, 6) is -1.20. The van der Waals surface area contributed by atoms with Crippen molar-refractivity contribution in [3.05, 3.63) is 82.7 Å². The second-order valence-corrected chi connectivity index (χ2v) is 6.88. The van der Waals surface area contributed by atoms with Gasteiger partial charge in [0.1, 0.15) is 11.6 Å². The first kappa shape index (κ1) is 21.5. The Bertz CT molecular complexity index is 1190. The number of rotatable bonds is 6. The summed E-state index contributed by atoms with van der Waals surface area (Å²) in [6, 6.07) is 16.8. The van der Waals surface area contributed by atoms with Gasteiger partial charge in [-0.2, -0.15) is 10.4 Å². The number of benzene rings is 2. The van der Waals surface area contributed by atoms with Crippen molar-refractivity contribution >= 4 is 23.6 Å². The Hall–Kier alpha value is -4.18. The lowest BCUT2D eigenvalue weighted by Gasteiger charge is -2.08. The SMILES string of the molecule is CCOC(=O)c1nn(-c2ccccc2)cc1/C=C(/C#N)C(=O)Nc1cc(C)ccc1C. The smallest absolute Gasteiger partial charge is 0.359 e. The fourth-order valence-corrected chi connectivity index (χ4v) is 2.93. The monoisotopic (exact) mass is 414 g/mol. The van der Waals surface area contributed by atoms with E-state index in [4.69, 9.17) is 4.74 Å². The van der Waals surface area contributed by atoms with Gasteiger partial charge in [-0.3, -0.25) is 4.79 Å². The number of esters is 1. The second kappa shape index (κ2) is 9.55. The molecule has 0 bridgehead atoms. The number of hydrogen-bond donors (Lipinski definition) is 1. The van der Waals surface area contributed by atoms with E-state index in [1.165, 1.54) is 10.8 Å². The van der Waals surface area contributed by atoms with Gasteiger partial charge in [0.15, 0.2) is 5.69 Å². The van der Waals surface area contributed by atoms with E-state index in [9.17, 15) is 14.9 Å². The number of anilines is 1. The quantitative estimate of drug-likeness (QED) is 0.370. The molecule has 7 heteroatoms. The number of nitrogens with one attached hydrogen (secondary N) is 1. The first-order valence-electron chi connectivity index (χ1n) is 9.75. The number of nitriles is 1. The van der Waals surface area contributed by atoms with Crippen molar-refractivity contribution in [3.8, 4) is 11.8 Å². The van der Waals surface area contributed by atoms with Gasteiger partial charge in [0.25, 0.3) is 5.91 Å². The molecule has 31 heavy (non-hydrogen) atoms. The highest BCUT2D eigenvalue weighted by molar-refractivity contribution is 6.10. The highest BCUT2D eigenvalue weighted by Gasteiger charge is 2.20. The first-order valence-corrected chi connectivity index (χ1v) is 9.75. The number of nitrogens with zero attached hydrogens (tertiary/aromatic N) is 3. The molecule has 7 nitrogen and oxygen atoms in total. The van der Waals surface area contributed by atoms with Gasteiger partial charge >= 0.3 is 5.97 Å². The number of carbonyl (C=O) groups excluding carboxylic acids is 2. The zero-order valence-electron chi connectivity index (χ0n) is 17.5. The summed E-state index contributed by atoms with van der Waals surface area (Å²) in [5.41, 5.74) is 3.40. The third-order valence-electron chi connectivity index (χ3n) is 4.54. The van der Waals surface area contributed by atoms with E-state index < -0.39 is 11.9 Å². The molecule has 0 fully saturated rings. The molecule has 0 radical (unpaired) electrons. The zero-order valence-corrected chi connectivity index (χ0v) is 17.5. The van der Waals surface area contributed by atoms with Crippen LogP contribution in [0.5, 0.6) is 0 Å². The van der Waals surface area contributed by atoms with Crippen LogP contribution in [0, 0.1) is 25.2 Å². The van der Waals surface area contributed by atoms with Crippen molar-refractivity contribution in [2.45, 2.75) is 20.8 Å². The van der Waals surface area contributed by atoms with Crippen molar-refractivity contribution in [2.24, 2.45) is 0 Å². The maximum Gasteiger partial charge on any atom is 0.359 e. The molecule has 2 aromatic carbocycles. The van der Waals surface area contributed by atoms with Gasteiger partial charge in [-0.25, -0.2) is 9.48 Å². The molecule has 0 saturated carbocycles. The Morgan fingerprint density at radius 3 is 2.61 bits per heavy atom. The van der Waals surface area contributed by atoms with Gasteiger partial charge in [0.2, 0.25) is 0 Å². The van der Waals surface area contributed by atoms with Crippen LogP contribution >= 0.6 is 0 Å². The Labute approximate surface area is 180 Å². The number of amides is 1. The number of ether oxygens (including phenoxy) is 1. The summed E-state index contributed by atoms with van der Waals surface area (Å²) >= 11 is 0. The van der Waals surface area contributed by atoms with Crippen LogP contribution in [0.25, 0.3) is 11.8 Å². The van der Waals surface area contributed by atoms with Crippen molar-refractivity contribution in [2.75, 3.05) is 11.9 Å². The molecule has 0 unspecified atom stereocenters. The van der Waals surface area contributed by atoms with Crippen LogP contribution in [0.3, 0.4) is 0 Å². The zero-order chi connectivity index (χ0) is 22.4. The molecule has 0 aliphatic heterocycles. The van der Waals surface area contributed by atoms with Crippen LogP contribution in [0.2, 0.25) is 0 Å². The lowest BCUT2D eigenvalue weighted by molar-refractivity contribution is -0.112. The lowest BCUT2D eigenvalue weighted by Crippen LogP contribution is -2.14. The lowest BCUT2D eigenvalue weighted by atomic mass is 10.1. The van der Waals surface area contributed by atoms with Crippen LogP contribution in [-0.4, -0.2) is 28.3 Å². The molecule has 156 valence electrons. The first-order chi connectivity index (χ1) is 14.9. The highest BCUT2D eigenvalue weighted by atomic mass is 16.5. The molecular formula is C24H22N4O3. The molecule has 3 rings (SSSR count). The third-order valence-corrected chi connectivity index (χ3v) is 4.54. The summed E-state index contributed by atoms with van der Waals surface area (Å²) in [4.78, 5) is 25.2. The number of aryl methyl sites for hydroxylation is 2. The maximum absolute atomic E-state index is 12.7. The van der Waals surface area contributed by atoms with Gasteiger partial charge in [0, 0.05) is 17.4 Å². The average Bonchev–Trinajstić information content (AvgIpc) is 3.19. The number of aromatic nitrogens is 2. The van der Waals surface area contributed by atoms with Gasteiger partial charge in [-0.1, -0.05) is 30.3 Å². The Morgan fingerprint density at radius 2 is 1.94 bits per heavy atom. The van der Waals surface area contributed by atoms with Crippen molar-refractivity contribution < 1.29 is 14.3 Å². The van der Waals surface area contributed by atoms with Crippen LogP contribution in [0.15, 0.2) is 60.3 Å². The van der Waals surface area contributed by atoms with Crippen LogP contribution in [-0.2, 0) is 9.53 Å². The van der Waals surface area contributed by atoms with E-state index in [-0.39, 0.29) is 17.9 Å². The van der Waals surface area contributed by atoms with Crippen molar-refractivity contribution in [1.29, 1.82) is 5.26 Å². The van der Waals surface area contributed by atoms with Crippen LogP contribution in [0.4, 0.5) is 5.69 Å². The van der Waals surface area contributed by atoms with Gasteiger partial charge < -0.3 is 10.1 Å². The molecule has 3 aromatic rings. The molecule has 0 atom stereocenters. The Morgan fingerprint density at radius 1 is 1.19 bits per heavy atom. The van der Waals surface area contributed by atoms with E-state index in [1.807, 2.05) is 68.4 Å². The second-order valence-electron chi connectivity index (χ2n) is 6.88. The molecular weight excluding hydrogens is 392 g/mol. The molecule has 1 heterocycles. The van der Waals surface area contributed by atoms with Gasteiger partial charge in [-0.15, -0.1) is 0 Å². The topological polar surface area (TPSA) is 97.0 Å². The molecule has 1 amide bonds. The maximum atomic E-state index is 12.7. The molecule has 0 saturated heterocycles. The molecule has 1 aromatic heterocycles. The minimum absolute atomic E-state index is 0.0259. The average molecular weight is 414 g/mol. The fraction of sp³-hybridized carbons (Fsp3) is 0.167. The fourth-order valence-electron chi connectivity index (χ4n) is 2.93. The van der Waals surface area contributed by atoms with Crippen LogP contribution in [0.1, 0.15) is 34.1 Å². The normalized spacial score (nSPS) is 11.0. The minimum Gasteiger partial charge on any atom is -0.461 e. The standard InChI is InChI=1S/C24H22N4O3/c1-4-31-24(30)22-19(15-28(27-22)20-8-6-5-7-9-20)13-18(14-25)23(29)26-21-12-16(2)10-11-17(21)3/h5-13,15H,4H2,1-3H3,(H,26,29)/b18-13-. The third kappa shape index (κ3) is 5.06. The summed E-state index contributed by atoms with van der Waals surface area (Å²) in [6.45, 7) is 5.66. The predicted molar refractivity (Wildman–Crippen MR) is 118 cm³/mol. The Kier molecular flexibility index (Phi) is 6.63. The summed E-state index contributed by atoms with van der Waals surface area (Å²) in [7, 11) is 0. The van der Waals surface area contributed by atoms with E-state index in [0.29, 0.717) is 11.3 Å². The van der Waals surface area contributed by atoms with Crippen molar-refractivity contribution in [3.63, 3.8) is 0 Å². The predicted octanol–water partition coefficient (Wildman–Crippen LogP) is 4.21. The van der Waals surface area contributed by atoms with E-state index in [0.717, 1.165) is 16.8 Å². The highest BCUT2D eigenvalue weighted by Crippen LogP contribution is 2.20. The number of carbonyl (C=O) groups is 2. The summed E-state index contributed by atoms with van der Waals surface area (Å²) in [5, 5.41) is 16.7. The van der Waals surface area contributed by atoms with E-state index >= 15 is 0 Å². The van der Waals surface area contributed by atoms with Crippen molar-refractivity contribution in [1.82, 2.24) is 9.78 Å². The molecule has 0 aliphatic rings. The minimum atomic E-state index is -0.629. The largest absolute Gasteiger partial charge is 0.461 e. The van der Waals surface area contributed by atoms with Gasteiger partial charge in [0.05, 0.1) is 12.3 Å². The number of hydrogen-bond acceptors (Lipinski definition) is 5. The molecule has 0 aliphatic carbocycles. The summed E-state index contributed by atoms with van der Waals surface area (Å²) < 4.78 is 6.60. The summed E-state index contributed by atoms with van der Waals surface area (Å²) in [6.07, 6.45) is 2.93. The van der Waals surface area contributed by atoms with E-state index in [1.54, 1.807) is 13.1 Å². The molecule has 1 N–H and O–H groups in total. The molecule has 0 spiro atoms. The number of para-hydroxylation sites is 1.